The summed E-state index contributed by atoms with van der Waals surface area (Å²) in [7, 11) is 0. The second kappa shape index (κ2) is 9.20. The maximum atomic E-state index is 10.4. The van der Waals surface area contributed by atoms with Crippen LogP contribution in [0.4, 0.5) is 0 Å². The second-order valence-corrected chi connectivity index (χ2v) is 2.75. The predicted octanol–water partition coefficient (Wildman–Crippen LogP) is 3.48. The van der Waals surface area contributed by atoms with E-state index in [2.05, 4.69) is 15.9 Å². The standard InChI is InChI=1S/C7H6BrNO.2ClH.Zr/c8-6-3-1-5(2-4-6)7(9)10;;;/h1-4H,(H2,9,10);2*1H;/p-1. The Kier molecular flexibility index (Phi) is 13.6. The van der Waals surface area contributed by atoms with E-state index < -0.39 is 5.91 Å². The molecular weight excluding hydrogens is 356 g/mol. The summed E-state index contributed by atoms with van der Waals surface area (Å²) in [6.07, 6.45) is 0. The fourth-order valence-electron chi connectivity index (χ4n) is 0.601. The van der Waals surface area contributed by atoms with Crippen LogP contribution in [-0.4, -0.2) is 5.91 Å². The zero-order valence-corrected chi connectivity index (χ0v) is 12.1. The Morgan fingerprint density at radius 1 is 1.15 bits per heavy atom. The Labute approximate surface area is 117 Å². The number of carbonyl (C=O) groups is 1. The first kappa shape index (κ1) is 19.2. The molecule has 6 heteroatoms. The molecule has 0 bridgehead atoms. The van der Waals surface area contributed by atoms with E-state index in [4.69, 9.17) is 5.73 Å². The van der Waals surface area contributed by atoms with Crippen molar-refractivity contribution in [3.63, 3.8) is 0 Å². The van der Waals surface area contributed by atoms with Gasteiger partial charge in [0, 0.05) is 30.7 Å². The van der Waals surface area contributed by atoms with Gasteiger partial charge in [-0.15, -0.1) is 24.8 Å². The van der Waals surface area contributed by atoms with Crippen molar-refractivity contribution in [3.05, 3.63) is 40.0 Å². The van der Waals surface area contributed by atoms with Crippen LogP contribution in [0.15, 0.2) is 28.7 Å². The Bertz CT molecular complexity index is 255. The van der Waals surface area contributed by atoms with Gasteiger partial charge in [0.05, 0.1) is 5.91 Å². The summed E-state index contributed by atoms with van der Waals surface area (Å²) < 4.78 is 0.914. The van der Waals surface area contributed by atoms with Crippen molar-refractivity contribution in [1.82, 2.24) is 0 Å². The van der Waals surface area contributed by atoms with E-state index in [0.717, 1.165) is 4.47 Å². The number of amides is 1. The van der Waals surface area contributed by atoms with Crippen LogP contribution in [-0.2, 0) is 26.2 Å². The van der Waals surface area contributed by atoms with Crippen LogP contribution in [0.5, 0.6) is 0 Å². The van der Waals surface area contributed by atoms with E-state index >= 15 is 0 Å². The fourth-order valence-corrected chi connectivity index (χ4v) is 0.866. The molecule has 0 saturated carbocycles. The van der Waals surface area contributed by atoms with Gasteiger partial charge in [-0.3, -0.25) is 0 Å². The van der Waals surface area contributed by atoms with Crippen molar-refractivity contribution in [2.24, 2.45) is 0 Å². The van der Waals surface area contributed by atoms with Crippen molar-refractivity contribution in [3.8, 4) is 0 Å². The smallest absolute Gasteiger partial charge is 0.0796 e. The summed E-state index contributed by atoms with van der Waals surface area (Å²) >= 11 is 3.22. The largest absolute Gasteiger partial charge is 0.664 e. The summed E-state index contributed by atoms with van der Waals surface area (Å²) in [5.74, 6) is -0.646. The quantitative estimate of drug-likeness (QED) is 0.753. The number of halogens is 3. The van der Waals surface area contributed by atoms with Crippen LogP contribution in [0, 0.1) is 0 Å². The number of hydrogen-bond acceptors (Lipinski definition) is 1. The van der Waals surface area contributed by atoms with Gasteiger partial charge in [-0.1, -0.05) is 28.1 Å². The first-order valence-electron chi connectivity index (χ1n) is 2.71. The molecule has 0 aliphatic heterocycles. The van der Waals surface area contributed by atoms with E-state index in [9.17, 15) is 4.79 Å². The van der Waals surface area contributed by atoms with Crippen LogP contribution in [0.25, 0.3) is 5.73 Å². The van der Waals surface area contributed by atoms with E-state index in [1.807, 2.05) is 0 Å². The minimum absolute atomic E-state index is 0. The molecule has 0 unspecified atom stereocenters. The molecule has 13 heavy (non-hydrogen) atoms. The van der Waals surface area contributed by atoms with Gasteiger partial charge < -0.3 is 10.5 Å². The molecule has 1 aromatic carbocycles. The third-order valence-electron chi connectivity index (χ3n) is 1.11. The molecule has 0 fully saturated rings. The summed E-state index contributed by atoms with van der Waals surface area (Å²) in [5, 5.41) is 0. The monoisotopic (exact) mass is 360 g/mol. The van der Waals surface area contributed by atoms with Crippen LogP contribution in [0.3, 0.4) is 0 Å². The van der Waals surface area contributed by atoms with Crippen LogP contribution < -0.4 is 0 Å². The topological polar surface area (TPSA) is 40.9 Å². The van der Waals surface area contributed by atoms with Gasteiger partial charge in [0.2, 0.25) is 0 Å². The van der Waals surface area contributed by atoms with Crippen LogP contribution >= 0.6 is 40.7 Å². The summed E-state index contributed by atoms with van der Waals surface area (Å²) in [6, 6.07) is 6.70. The molecule has 0 aliphatic carbocycles. The number of nitrogens with one attached hydrogen (secondary N) is 1. The Morgan fingerprint density at radius 2 is 1.54 bits per heavy atom. The zero-order valence-electron chi connectivity index (χ0n) is 6.41. The molecule has 0 spiro atoms. The third-order valence-corrected chi connectivity index (χ3v) is 1.64. The Balaban J connectivity index is -0.000000333. The average Bonchev–Trinajstić information content (AvgIpc) is 1.88. The number of carbonyl (C=O) groups excluding carboxylic acids is 1. The summed E-state index contributed by atoms with van der Waals surface area (Å²) in [6.45, 7) is 0. The van der Waals surface area contributed by atoms with Gasteiger partial charge in [-0.2, -0.15) is 0 Å². The third kappa shape index (κ3) is 6.67. The van der Waals surface area contributed by atoms with E-state index in [0.29, 0.717) is 5.56 Å². The molecule has 0 radical (unpaired) electrons. The van der Waals surface area contributed by atoms with E-state index in [1.165, 1.54) is 0 Å². The van der Waals surface area contributed by atoms with Gasteiger partial charge >= 0.3 is 0 Å². The van der Waals surface area contributed by atoms with Crippen molar-refractivity contribution in [2.45, 2.75) is 0 Å². The minimum atomic E-state index is -0.646. The molecule has 0 aliphatic rings. The van der Waals surface area contributed by atoms with Crippen molar-refractivity contribution in [1.29, 1.82) is 0 Å². The normalized spacial score (nSPS) is 7.15. The predicted molar refractivity (Wildman–Crippen MR) is 57.3 cm³/mol. The molecule has 1 amide bonds. The molecule has 0 atom stereocenters. The number of rotatable bonds is 1. The zero-order chi connectivity index (χ0) is 7.56. The molecule has 1 rings (SSSR count). The van der Waals surface area contributed by atoms with Crippen molar-refractivity contribution >= 4 is 46.7 Å². The molecule has 1 aromatic rings. The van der Waals surface area contributed by atoms with Crippen LogP contribution in [0.2, 0.25) is 0 Å². The number of benzene rings is 1. The molecule has 72 valence electrons. The Morgan fingerprint density at radius 3 is 1.85 bits per heavy atom. The maximum absolute atomic E-state index is 10.4. The molecule has 0 aromatic heterocycles. The van der Waals surface area contributed by atoms with E-state index in [1.54, 1.807) is 24.3 Å². The van der Waals surface area contributed by atoms with Gasteiger partial charge in [0.1, 0.15) is 0 Å². The molecule has 0 saturated heterocycles. The van der Waals surface area contributed by atoms with E-state index in [-0.39, 0.29) is 51.0 Å². The second-order valence-electron chi connectivity index (χ2n) is 1.84. The van der Waals surface area contributed by atoms with Crippen LogP contribution in [0.1, 0.15) is 10.4 Å². The molecule has 1 N–H and O–H groups in total. The van der Waals surface area contributed by atoms with Crippen molar-refractivity contribution in [2.75, 3.05) is 0 Å². The van der Waals surface area contributed by atoms with Gasteiger partial charge in [0.15, 0.2) is 0 Å². The minimum Gasteiger partial charge on any atom is -0.664 e. The average molecular weight is 363 g/mol. The first-order valence-corrected chi connectivity index (χ1v) is 3.51. The number of hydrogen-bond donors (Lipinski definition) is 0. The summed E-state index contributed by atoms with van der Waals surface area (Å²) in [4.78, 5) is 10.4. The molecule has 2 nitrogen and oxygen atoms in total. The molecular formula is C7H7BrCl2NOZr-. The maximum Gasteiger partial charge on any atom is 0.0796 e. The summed E-state index contributed by atoms with van der Waals surface area (Å²) in [5.41, 5.74) is 7.15. The molecule has 0 heterocycles. The Hall–Kier alpha value is 0.633. The SMILES string of the molecule is Cl.Cl.[NH-]C(=O)c1ccc(Br)cc1.[Zr]. The van der Waals surface area contributed by atoms with Gasteiger partial charge in [0.25, 0.3) is 0 Å². The van der Waals surface area contributed by atoms with Gasteiger partial charge in [-0.05, 0) is 17.7 Å². The van der Waals surface area contributed by atoms with Crippen molar-refractivity contribution < 1.29 is 31.0 Å². The first-order chi connectivity index (χ1) is 4.70. The fraction of sp³-hybridized carbons (Fsp3) is 0. The van der Waals surface area contributed by atoms with Gasteiger partial charge in [-0.25, -0.2) is 0 Å².